The summed E-state index contributed by atoms with van der Waals surface area (Å²) in [4.78, 5) is 51.5. The van der Waals surface area contributed by atoms with E-state index in [2.05, 4.69) is 9.97 Å². The molecule has 180 valence electrons. The predicted octanol–water partition coefficient (Wildman–Crippen LogP) is 3.95. The van der Waals surface area contributed by atoms with Gasteiger partial charge in [0.15, 0.2) is 5.76 Å². The molecule has 0 aliphatic carbocycles. The van der Waals surface area contributed by atoms with Gasteiger partial charge in [-0.05, 0) is 42.7 Å². The highest BCUT2D eigenvalue weighted by atomic mass is 16.3. The lowest BCUT2D eigenvalue weighted by Gasteiger charge is -2.25. The third kappa shape index (κ3) is 4.71. The highest BCUT2D eigenvalue weighted by Crippen LogP contribution is 2.39. The van der Waals surface area contributed by atoms with E-state index in [1.807, 2.05) is 61.7 Å². The van der Waals surface area contributed by atoms with E-state index in [4.69, 9.17) is 9.59 Å². The number of hydrogen-bond donors (Lipinski definition) is 2. The van der Waals surface area contributed by atoms with Crippen LogP contribution in [0.1, 0.15) is 28.4 Å². The predicted molar refractivity (Wildman–Crippen MR) is 131 cm³/mol. The molecule has 2 aromatic heterocycles. The number of hydrogen-bond acceptors (Lipinski definition) is 6. The molecule has 1 fully saturated rings. The fourth-order valence-corrected chi connectivity index (χ4v) is 4.43. The number of nitrogens with one attached hydrogen (secondary N) is 1. The molecule has 1 amide bonds. The van der Waals surface area contributed by atoms with Gasteiger partial charge < -0.3 is 15.0 Å². The van der Waals surface area contributed by atoms with Gasteiger partial charge in [0.2, 0.25) is 0 Å². The van der Waals surface area contributed by atoms with Crippen molar-refractivity contribution in [2.45, 2.75) is 19.4 Å². The summed E-state index contributed by atoms with van der Waals surface area (Å²) in [5.74, 6) is -1.56. The Morgan fingerprint density at radius 3 is 2.42 bits per heavy atom. The van der Waals surface area contributed by atoms with Crippen molar-refractivity contribution >= 4 is 34.5 Å². The van der Waals surface area contributed by atoms with Gasteiger partial charge in [-0.1, -0.05) is 54.1 Å². The van der Waals surface area contributed by atoms with Gasteiger partial charge in [0.05, 0.1) is 11.6 Å². The van der Waals surface area contributed by atoms with Crippen LogP contribution < -0.4 is 0 Å². The lowest BCUT2D eigenvalue weighted by molar-refractivity contribution is -0.191. The number of H-pyrrole nitrogens is 1. The Morgan fingerprint density at radius 1 is 1.03 bits per heavy atom. The lowest BCUT2D eigenvalue weighted by atomic mass is 9.95. The number of rotatable bonds is 5. The maximum absolute atomic E-state index is 13.1. The van der Waals surface area contributed by atoms with E-state index in [0.29, 0.717) is 13.0 Å². The van der Waals surface area contributed by atoms with E-state index in [0.717, 1.165) is 27.6 Å². The molecule has 1 unspecified atom stereocenters. The van der Waals surface area contributed by atoms with Gasteiger partial charge in [0.25, 0.3) is 11.7 Å². The third-order valence-electron chi connectivity index (χ3n) is 6.14. The van der Waals surface area contributed by atoms with Gasteiger partial charge in [-0.25, -0.2) is 0 Å². The molecule has 1 aliphatic rings. The first-order chi connectivity index (χ1) is 17.5. The number of ketones is 1. The topological polar surface area (TPSA) is 120 Å². The van der Waals surface area contributed by atoms with E-state index in [-0.39, 0.29) is 23.2 Å². The van der Waals surface area contributed by atoms with Crippen LogP contribution in [-0.2, 0) is 25.6 Å². The van der Waals surface area contributed by atoms with Crippen LogP contribution >= 0.6 is 0 Å². The maximum atomic E-state index is 13.1. The van der Waals surface area contributed by atoms with E-state index in [1.165, 1.54) is 0 Å². The van der Waals surface area contributed by atoms with Gasteiger partial charge in [-0.2, -0.15) is 9.59 Å². The summed E-state index contributed by atoms with van der Waals surface area (Å²) in [5.41, 5.74) is 4.28. The molecule has 1 saturated heterocycles. The molecule has 1 atom stereocenters. The Labute approximate surface area is 206 Å². The number of benzene rings is 2. The second kappa shape index (κ2) is 10.6. The van der Waals surface area contributed by atoms with Crippen molar-refractivity contribution in [2.75, 3.05) is 6.54 Å². The zero-order valence-corrected chi connectivity index (χ0v) is 19.5. The highest BCUT2D eigenvalue weighted by molar-refractivity contribution is 6.46. The summed E-state index contributed by atoms with van der Waals surface area (Å²) < 4.78 is 0. The molecule has 0 bridgehead atoms. The zero-order valence-electron chi connectivity index (χ0n) is 19.5. The molecule has 0 spiro atoms. The quantitative estimate of drug-likeness (QED) is 0.253. The van der Waals surface area contributed by atoms with Crippen molar-refractivity contribution in [1.29, 1.82) is 0 Å². The number of pyridine rings is 1. The van der Waals surface area contributed by atoms with Gasteiger partial charge in [0.1, 0.15) is 5.69 Å². The van der Waals surface area contributed by atoms with Crippen molar-refractivity contribution in [2.24, 2.45) is 0 Å². The molecule has 8 heteroatoms. The minimum Gasteiger partial charge on any atom is -0.505 e. The standard InChI is InChI=1S/C27H23N3O3.CO2/c1-17-9-11-18(12-10-17)24-23(25(31)22-8-4-5-14-28-22)26(32)27(33)30(24)15-13-19-16-29-21-7-3-2-6-20(19)21;2-1-3/h2-12,14,16,24,29,31H,13,15H2,1H3;. The lowest BCUT2D eigenvalue weighted by Crippen LogP contribution is -2.31. The number of likely N-dealkylation sites (tertiary alicyclic amines) is 1. The number of nitrogens with zero attached hydrogens (tertiary/aromatic N) is 2. The molecule has 8 nitrogen and oxygen atoms in total. The first-order valence-corrected chi connectivity index (χ1v) is 11.3. The van der Waals surface area contributed by atoms with Gasteiger partial charge >= 0.3 is 6.15 Å². The number of aryl methyl sites for hydroxylation is 1. The van der Waals surface area contributed by atoms with Gasteiger partial charge in [0, 0.05) is 29.8 Å². The molecule has 1 aliphatic heterocycles. The number of aliphatic hydroxyl groups is 1. The van der Waals surface area contributed by atoms with E-state index >= 15 is 0 Å². The molecule has 2 aromatic carbocycles. The Balaban J connectivity index is 0.000000967. The summed E-state index contributed by atoms with van der Waals surface area (Å²) in [6, 6.07) is 20.1. The van der Waals surface area contributed by atoms with Crippen LogP contribution in [-0.4, -0.2) is 44.4 Å². The SMILES string of the molecule is Cc1ccc(C2C(=C(O)c3ccccn3)C(=O)C(=O)N2CCc2c[nH]c3ccccc23)cc1.O=C=O. The van der Waals surface area contributed by atoms with Crippen molar-refractivity contribution in [3.63, 3.8) is 0 Å². The summed E-state index contributed by atoms with van der Waals surface area (Å²) in [6.07, 6.45) is 4.31. The normalized spacial score (nSPS) is 16.5. The fraction of sp³-hybridized carbons (Fsp3) is 0.143. The summed E-state index contributed by atoms with van der Waals surface area (Å²) in [7, 11) is 0. The molecular formula is C28H23N3O5. The summed E-state index contributed by atoms with van der Waals surface area (Å²) >= 11 is 0. The maximum Gasteiger partial charge on any atom is 0.373 e. The number of carbonyl (C=O) groups is 2. The Kier molecular flexibility index (Phi) is 7.18. The Hall–Kier alpha value is -4.81. The minimum absolute atomic E-state index is 0.0708. The van der Waals surface area contributed by atoms with E-state index < -0.39 is 17.7 Å². The van der Waals surface area contributed by atoms with Crippen LogP contribution in [0.25, 0.3) is 16.7 Å². The minimum atomic E-state index is -0.692. The molecule has 0 saturated carbocycles. The summed E-state index contributed by atoms with van der Waals surface area (Å²) in [6.45, 7) is 2.32. The monoisotopic (exact) mass is 481 g/mol. The van der Waals surface area contributed by atoms with Crippen LogP contribution in [0, 0.1) is 6.92 Å². The van der Waals surface area contributed by atoms with Crippen molar-refractivity contribution in [1.82, 2.24) is 14.9 Å². The number of amides is 1. The smallest absolute Gasteiger partial charge is 0.373 e. The number of carbonyl (C=O) groups excluding carboxylic acids is 4. The number of aromatic amines is 1. The summed E-state index contributed by atoms with van der Waals surface area (Å²) in [5, 5.41) is 12.1. The van der Waals surface area contributed by atoms with Crippen molar-refractivity contribution in [3.8, 4) is 0 Å². The molecule has 2 N–H and O–H groups in total. The van der Waals surface area contributed by atoms with E-state index in [9.17, 15) is 14.7 Å². The molecule has 4 aromatic rings. The van der Waals surface area contributed by atoms with Crippen molar-refractivity contribution in [3.05, 3.63) is 107 Å². The second-order valence-corrected chi connectivity index (χ2v) is 8.31. The fourth-order valence-electron chi connectivity index (χ4n) is 4.43. The highest BCUT2D eigenvalue weighted by Gasteiger charge is 2.46. The van der Waals surface area contributed by atoms with Gasteiger partial charge in [-0.3, -0.25) is 14.6 Å². The Morgan fingerprint density at radius 2 is 1.72 bits per heavy atom. The largest absolute Gasteiger partial charge is 0.505 e. The van der Waals surface area contributed by atoms with Crippen molar-refractivity contribution < 1.29 is 24.3 Å². The van der Waals surface area contributed by atoms with E-state index in [1.54, 1.807) is 29.3 Å². The molecule has 0 radical (unpaired) electrons. The zero-order chi connectivity index (χ0) is 25.7. The van der Waals surface area contributed by atoms with Gasteiger partial charge in [-0.15, -0.1) is 0 Å². The number of para-hydroxylation sites is 1. The van der Waals surface area contributed by atoms with Crippen LogP contribution in [0.5, 0.6) is 0 Å². The van der Waals surface area contributed by atoms with Crippen LogP contribution in [0.3, 0.4) is 0 Å². The Bertz CT molecular complexity index is 1470. The number of aliphatic hydroxyl groups excluding tert-OH is 1. The number of Topliss-reactive ketones (excluding diaryl/α,β-unsaturated/α-hetero) is 1. The van der Waals surface area contributed by atoms with Crippen LogP contribution in [0.2, 0.25) is 0 Å². The first-order valence-electron chi connectivity index (χ1n) is 11.3. The average molecular weight is 482 g/mol. The third-order valence-corrected chi connectivity index (χ3v) is 6.14. The van der Waals surface area contributed by atoms with Crippen LogP contribution in [0.4, 0.5) is 0 Å². The molecule has 3 heterocycles. The molecule has 5 rings (SSSR count). The van der Waals surface area contributed by atoms with Crippen LogP contribution in [0.15, 0.2) is 84.7 Å². The number of aromatic nitrogens is 2. The second-order valence-electron chi connectivity index (χ2n) is 8.31. The molecule has 36 heavy (non-hydrogen) atoms. The number of fused-ring (bicyclic) bond motifs is 1. The average Bonchev–Trinajstić information content (AvgIpc) is 3.42. The molecular weight excluding hydrogens is 458 g/mol. The first kappa shape index (κ1) is 24.3.